The first-order chi connectivity index (χ1) is 7.13. The first-order valence-corrected chi connectivity index (χ1v) is 4.90. The lowest BCUT2D eigenvalue weighted by Crippen LogP contribution is -2.06. The van der Waals surface area contributed by atoms with Gasteiger partial charge in [-0.25, -0.2) is 0 Å². The zero-order valence-corrected chi connectivity index (χ0v) is 9.28. The van der Waals surface area contributed by atoms with Gasteiger partial charge in [0.15, 0.2) is 0 Å². The topological polar surface area (TPSA) is 42.2 Å². The fourth-order valence-corrected chi connectivity index (χ4v) is 1.30. The van der Waals surface area contributed by atoms with Crippen molar-refractivity contribution in [3.05, 3.63) is 29.3 Å². The van der Waals surface area contributed by atoms with Crippen LogP contribution in [0.1, 0.15) is 25.0 Å². The third kappa shape index (κ3) is 3.51. The van der Waals surface area contributed by atoms with Gasteiger partial charge in [0, 0.05) is 0 Å². The Labute approximate surface area is 90.2 Å². The van der Waals surface area contributed by atoms with E-state index in [4.69, 9.17) is 10.00 Å². The summed E-state index contributed by atoms with van der Waals surface area (Å²) in [6.45, 7) is 6.28. The minimum atomic E-state index is 0.171. The van der Waals surface area contributed by atoms with Crippen molar-refractivity contribution in [3.8, 4) is 12.0 Å². The Bertz CT molecular complexity index is 366. The SMILES string of the molecule is Cc1cc(COC#N)ccc1OC(C)C. The maximum Gasteiger partial charge on any atom is 0.286 e. The number of ether oxygens (including phenoxy) is 2. The van der Waals surface area contributed by atoms with Gasteiger partial charge >= 0.3 is 0 Å². The summed E-state index contributed by atoms with van der Waals surface area (Å²) >= 11 is 0. The molecule has 0 saturated heterocycles. The van der Waals surface area contributed by atoms with E-state index < -0.39 is 0 Å². The van der Waals surface area contributed by atoms with Crippen molar-refractivity contribution in [1.29, 1.82) is 5.26 Å². The van der Waals surface area contributed by atoms with Crippen LogP contribution in [0.2, 0.25) is 0 Å². The van der Waals surface area contributed by atoms with Crippen molar-refractivity contribution in [1.82, 2.24) is 0 Å². The molecule has 80 valence electrons. The molecule has 0 fully saturated rings. The van der Waals surface area contributed by atoms with Crippen LogP contribution in [0.4, 0.5) is 0 Å². The Morgan fingerprint density at radius 2 is 2.13 bits per heavy atom. The van der Waals surface area contributed by atoms with Crippen LogP contribution in [0.25, 0.3) is 0 Å². The van der Waals surface area contributed by atoms with Gasteiger partial charge in [-0.15, -0.1) is 0 Å². The van der Waals surface area contributed by atoms with Crippen LogP contribution in [0.5, 0.6) is 5.75 Å². The van der Waals surface area contributed by atoms with E-state index in [1.54, 1.807) is 6.26 Å². The molecule has 0 unspecified atom stereocenters. The van der Waals surface area contributed by atoms with Gasteiger partial charge in [-0.1, -0.05) is 6.07 Å². The van der Waals surface area contributed by atoms with Crippen LogP contribution < -0.4 is 4.74 Å². The minimum Gasteiger partial charge on any atom is -0.491 e. The van der Waals surface area contributed by atoms with Gasteiger partial charge < -0.3 is 9.47 Å². The van der Waals surface area contributed by atoms with Crippen LogP contribution in [-0.4, -0.2) is 6.10 Å². The summed E-state index contributed by atoms with van der Waals surface area (Å²) in [6.07, 6.45) is 1.82. The number of hydrogen-bond donors (Lipinski definition) is 0. The van der Waals surface area contributed by atoms with E-state index in [2.05, 4.69) is 4.74 Å². The largest absolute Gasteiger partial charge is 0.491 e. The number of rotatable bonds is 4. The molecular formula is C12H15NO2. The van der Waals surface area contributed by atoms with Crippen molar-refractivity contribution >= 4 is 0 Å². The molecule has 3 heteroatoms. The maximum absolute atomic E-state index is 8.27. The first-order valence-electron chi connectivity index (χ1n) is 4.90. The van der Waals surface area contributed by atoms with Crippen molar-refractivity contribution in [2.24, 2.45) is 0 Å². The highest BCUT2D eigenvalue weighted by molar-refractivity contribution is 5.36. The molecular weight excluding hydrogens is 190 g/mol. The highest BCUT2D eigenvalue weighted by Gasteiger charge is 2.03. The van der Waals surface area contributed by atoms with Gasteiger partial charge in [-0.3, -0.25) is 0 Å². The molecule has 15 heavy (non-hydrogen) atoms. The summed E-state index contributed by atoms with van der Waals surface area (Å²) in [4.78, 5) is 0. The fourth-order valence-electron chi connectivity index (χ4n) is 1.30. The summed E-state index contributed by atoms with van der Waals surface area (Å²) in [5.41, 5.74) is 2.04. The molecule has 0 saturated carbocycles. The first kappa shape index (κ1) is 11.4. The monoisotopic (exact) mass is 205 g/mol. The van der Waals surface area contributed by atoms with Gasteiger partial charge in [0.2, 0.25) is 0 Å². The molecule has 1 aromatic rings. The second-order valence-corrected chi connectivity index (χ2v) is 3.65. The van der Waals surface area contributed by atoms with Crippen molar-refractivity contribution in [2.75, 3.05) is 0 Å². The van der Waals surface area contributed by atoms with E-state index in [9.17, 15) is 0 Å². The van der Waals surface area contributed by atoms with Gasteiger partial charge in [-0.05, 0) is 44.0 Å². The van der Waals surface area contributed by atoms with Crippen LogP contribution in [0.3, 0.4) is 0 Å². The highest BCUT2D eigenvalue weighted by Crippen LogP contribution is 2.20. The van der Waals surface area contributed by atoms with Crippen molar-refractivity contribution in [2.45, 2.75) is 33.5 Å². The molecule has 0 amide bonds. The number of hydrogen-bond acceptors (Lipinski definition) is 3. The molecule has 0 aliphatic carbocycles. The minimum absolute atomic E-state index is 0.171. The average molecular weight is 205 g/mol. The van der Waals surface area contributed by atoms with E-state index >= 15 is 0 Å². The zero-order chi connectivity index (χ0) is 11.3. The Morgan fingerprint density at radius 3 is 2.67 bits per heavy atom. The molecule has 0 N–H and O–H groups in total. The molecule has 0 heterocycles. The Kier molecular flexibility index (Phi) is 3.99. The van der Waals surface area contributed by atoms with E-state index in [0.29, 0.717) is 6.61 Å². The normalized spacial score (nSPS) is 9.80. The Morgan fingerprint density at radius 1 is 1.40 bits per heavy atom. The van der Waals surface area contributed by atoms with E-state index in [0.717, 1.165) is 16.9 Å². The molecule has 0 spiro atoms. The second kappa shape index (κ2) is 5.26. The summed E-state index contributed by atoms with van der Waals surface area (Å²) in [7, 11) is 0. The standard InChI is InChI=1S/C12H15NO2/c1-9(2)15-12-5-4-11(6-10(12)3)7-14-8-13/h4-6,9H,7H2,1-3H3. The van der Waals surface area contributed by atoms with Crippen LogP contribution in [0.15, 0.2) is 18.2 Å². The average Bonchev–Trinajstić information content (AvgIpc) is 2.18. The van der Waals surface area contributed by atoms with Gasteiger partial charge in [-0.2, -0.15) is 5.26 Å². The molecule has 0 bridgehead atoms. The zero-order valence-electron chi connectivity index (χ0n) is 9.28. The highest BCUT2D eigenvalue weighted by atomic mass is 16.5. The van der Waals surface area contributed by atoms with Crippen LogP contribution in [-0.2, 0) is 11.3 Å². The molecule has 0 aromatic heterocycles. The maximum atomic E-state index is 8.27. The molecule has 0 aliphatic rings. The molecule has 0 radical (unpaired) electrons. The third-order valence-corrected chi connectivity index (χ3v) is 1.91. The fraction of sp³-hybridized carbons (Fsp3) is 0.417. The lowest BCUT2D eigenvalue weighted by molar-refractivity contribution is 0.239. The molecule has 0 aliphatic heterocycles. The van der Waals surface area contributed by atoms with Gasteiger partial charge in [0.25, 0.3) is 6.26 Å². The van der Waals surface area contributed by atoms with E-state index in [-0.39, 0.29) is 6.10 Å². The third-order valence-electron chi connectivity index (χ3n) is 1.91. The van der Waals surface area contributed by atoms with Gasteiger partial charge in [0.05, 0.1) is 6.10 Å². The molecule has 3 nitrogen and oxygen atoms in total. The lowest BCUT2D eigenvalue weighted by atomic mass is 10.1. The molecule has 1 rings (SSSR count). The summed E-state index contributed by atoms with van der Waals surface area (Å²) < 4.78 is 10.3. The number of benzene rings is 1. The summed E-state index contributed by atoms with van der Waals surface area (Å²) in [5, 5.41) is 8.27. The summed E-state index contributed by atoms with van der Waals surface area (Å²) in [6, 6.07) is 5.78. The predicted molar refractivity (Wildman–Crippen MR) is 57.3 cm³/mol. The van der Waals surface area contributed by atoms with E-state index in [1.807, 2.05) is 39.0 Å². The van der Waals surface area contributed by atoms with Crippen molar-refractivity contribution < 1.29 is 9.47 Å². The van der Waals surface area contributed by atoms with E-state index in [1.165, 1.54) is 0 Å². The van der Waals surface area contributed by atoms with Gasteiger partial charge in [0.1, 0.15) is 12.4 Å². The Balaban J connectivity index is 2.75. The summed E-state index contributed by atoms with van der Waals surface area (Å²) in [5.74, 6) is 0.880. The smallest absolute Gasteiger partial charge is 0.286 e. The van der Waals surface area contributed by atoms with Crippen LogP contribution >= 0.6 is 0 Å². The molecule has 0 atom stereocenters. The number of nitrogens with zero attached hydrogens (tertiary/aromatic N) is 1. The number of aryl methyl sites for hydroxylation is 1. The van der Waals surface area contributed by atoms with Crippen LogP contribution in [0, 0.1) is 18.4 Å². The number of nitriles is 1. The Hall–Kier alpha value is -1.69. The second-order valence-electron chi connectivity index (χ2n) is 3.65. The quantitative estimate of drug-likeness (QED) is 0.710. The lowest BCUT2D eigenvalue weighted by Gasteiger charge is -2.12. The van der Waals surface area contributed by atoms with Crippen molar-refractivity contribution in [3.63, 3.8) is 0 Å². The molecule has 1 aromatic carbocycles. The predicted octanol–water partition coefficient (Wildman–Crippen LogP) is 2.78.